The van der Waals surface area contributed by atoms with Gasteiger partial charge in [0.25, 0.3) is 0 Å². The summed E-state index contributed by atoms with van der Waals surface area (Å²) in [5.41, 5.74) is 1.31. The Morgan fingerprint density at radius 2 is 1.76 bits per heavy atom. The molecule has 0 bridgehead atoms. The van der Waals surface area contributed by atoms with Crippen molar-refractivity contribution in [2.75, 3.05) is 6.61 Å². The number of ether oxygens (including phenoxy) is 1. The summed E-state index contributed by atoms with van der Waals surface area (Å²) in [7, 11) is 0. The van der Waals surface area contributed by atoms with E-state index in [-0.39, 0.29) is 0 Å². The second-order valence-corrected chi connectivity index (χ2v) is 4.62. The first-order valence-corrected chi connectivity index (χ1v) is 6.66. The summed E-state index contributed by atoms with van der Waals surface area (Å²) in [6, 6.07) is 9.35. The minimum Gasteiger partial charge on any atom is -0.494 e. The van der Waals surface area contributed by atoms with Crippen LogP contribution >= 0.6 is 0 Å². The molecule has 1 aromatic rings. The lowest BCUT2D eigenvalue weighted by molar-refractivity contribution is 0.317. The molecule has 0 radical (unpaired) electrons. The second kappa shape index (κ2) is 7.33. The van der Waals surface area contributed by atoms with Gasteiger partial charge in [-0.25, -0.2) is 0 Å². The Kier molecular flexibility index (Phi) is 6.06. The van der Waals surface area contributed by atoms with Crippen LogP contribution in [0.3, 0.4) is 0 Å². The Morgan fingerprint density at radius 3 is 2.29 bits per heavy atom. The van der Waals surface area contributed by atoms with E-state index >= 15 is 0 Å². The fourth-order valence-electron chi connectivity index (χ4n) is 1.71. The molecule has 2 heteroatoms. The number of nitrogens with one attached hydrogen (secondary N) is 1. The van der Waals surface area contributed by atoms with Crippen molar-refractivity contribution in [1.29, 1.82) is 0 Å². The molecule has 1 aromatic carbocycles. The molecule has 1 N–H and O–H groups in total. The maximum absolute atomic E-state index is 5.57. The summed E-state index contributed by atoms with van der Waals surface area (Å²) in [6.45, 7) is 9.53. The molecular formula is C15H25NO. The second-order valence-electron chi connectivity index (χ2n) is 4.62. The van der Waals surface area contributed by atoms with Gasteiger partial charge in [-0.05, 0) is 44.4 Å². The minimum absolute atomic E-state index is 0.394. The minimum atomic E-state index is 0.394. The van der Waals surface area contributed by atoms with E-state index in [9.17, 15) is 0 Å². The molecule has 2 atom stereocenters. The van der Waals surface area contributed by atoms with Crippen LogP contribution in [0.2, 0.25) is 0 Å². The van der Waals surface area contributed by atoms with Gasteiger partial charge >= 0.3 is 0 Å². The molecule has 0 amide bonds. The fraction of sp³-hybridized carbons (Fsp3) is 0.600. The summed E-state index contributed by atoms with van der Waals surface area (Å²) in [6.07, 6.45) is 2.20. The lowest BCUT2D eigenvalue weighted by Gasteiger charge is -2.19. The van der Waals surface area contributed by atoms with Crippen LogP contribution in [0.5, 0.6) is 5.75 Å². The van der Waals surface area contributed by atoms with Crippen molar-refractivity contribution in [3.8, 4) is 5.75 Å². The standard InChI is InChI=1S/C15H25NO/c1-5-11-17-15-9-7-14(8-10-15)13(4)16-12(3)6-2/h7-10,12-13,16H,5-6,11H2,1-4H3. The normalized spacial score (nSPS) is 14.4. The summed E-state index contributed by atoms with van der Waals surface area (Å²) >= 11 is 0. The van der Waals surface area contributed by atoms with E-state index in [1.807, 2.05) is 0 Å². The quantitative estimate of drug-likeness (QED) is 0.773. The van der Waals surface area contributed by atoms with Crippen LogP contribution < -0.4 is 10.1 Å². The maximum atomic E-state index is 5.57. The molecule has 0 aliphatic heterocycles. The van der Waals surface area contributed by atoms with Gasteiger partial charge in [-0.3, -0.25) is 0 Å². The Balaban J connectivity index is 2.54. The van der Waals surface area contributed by atoms with Crippen LogP contribution in [0, 0.1) is 0 Å². The molecule has 2 unspecified atom stereocenters. The van der Waals surface area contributed by atoms with Gasteiger partial charge < -0.3 is 10.1 Å². The van der Waals surface area contributed by atoms with Gasteiger partial charge in [-0.15, -0.1) is 0 Å². The largest absolute Gasteiger partial charge is 0.494 e. The van der Waals surface area contributed by atoms with E-state index in [1.165, 1.54) is 5.56 Å². The van der Waals surface area contributed by atoms with E-state index < -0.39 is 0 Å². The van der Waals surface area contributed by atoms with Crippen LogP contribution in [-0.4, -0.2) is 12.6 Å². The van der Waals surface area contributed by atoms with Gasteiger partial charge in [-0.2, -0.15) is 0 Å². The van der Waals surface area contributed by atoms with Crippen molar-refractivity contribution in [2.24, 2.45) is 0 Å². The third-order valence-corrected chi connectivity index (χ3v) is 3.00. The van der Waals surface area contributed by atoms with Gasteiger partial charge in [0.05, 0.1) is 6.61 Å². The average Bonchev–Trinajstić information content (AvgIpc) is 2.36. The van der Waals surface area contributed by atoms with Crippen molar-refractivity contribution in [3.05, 3.63) is 29.8 Å². The lowest BCUT2D eigenvalue weighted by atomic mass is 10.1. The maximum Gasteiger partial charge on any atom is 0.119 e. The van der Waals surface area contributed by atoms with Gasteiger partial charge in [0.1, 0.15) is 5.75 Å². The Labute approximate surface area is 105 Å². The van der Waals surface area contributed by atoms with E-state index in [4.69, 9.17) is 4.74 Å². The van der Waals surface area contributed by atoms with Gasteiger partial charge in [0.2, 0.25) is 0 Å². The molecule has 0 aliphatic carbocycles. The third kappa shape index (κ3) is 4.78. The van der Waals surface area contributed by atoms with Crippen LogP contribution in [0.4, 0.5) is 0 Å². The number of hydrogen-bond acceptors (Lipinski definition) is 2. The van der Waals surface area contributed by atoms with Crippen molar-refractivity contribution >= 4 is 0 Å². The zero-order valence-electron chi connectivity index (χ0n) is 11.5. The predicted octanol–water partition coefficient (Wildman–Crippen LogP) is 3.92. The molecule has 96 valence electrons. The zero-order valence-corrected chi connectivity index (χ0v) is 11.5. The molecule has 0 fully saturated rings. The molecule has 0 heterocycles. The Bertz CT molecular complexity index is 307. The molecule has 0 spiro atoms. The number of benzene rings is 1. The molecule has 0 saturated heterocycles. The zero-order chi connectivity index (χ0) is 12.7. The molecule has 1 rings (SSSR count). The van der Waals surface area contributed by atoms with Crippen LogP contribution in [0.25, 0.3) is 0 Å². The first-order valence-electron chi connectivity index (χ1n) is 6.66. The van der Waals surface area contributed by atoms with Crippen molar-refractivity contribution in [1.82, 2.24) is 5.32 Å². The van der Waals surface area contributed by atoms with E-state index in [0.29, 0.717) is 12.1 Å². The average molecular weight is 235 g/mol. The van der Waals surface area contributed by atoms with Gasteiger partial charge in [0.15, 0.2) is 0 Å². The van der Waals surface area contributed by atoms with E-state index in [0.717, 1.165) is 25.2 Å². The smallest absolute Gasteiger partial charge is 0.119 e. The molecule has 2 nitrogen and oxygen atoms in total. The molecule has 0 saturated carbocycles. The Hall–Kier alpha value is -1.02. The third-order valence-electron chi connectivity index (χ3n) is 3.00. The van der Waals surface area contributed by atoms with E-state index in [2.05, 4.69) is 57.3 Å². The number of hydrogen-bond donors (Lipinski definition) is 1. The predicted molar refractivity (Wildman–Crippen MR) is 73.5 cm³/mol. The molecule has 17 heavy (non-hydrogen) atoms. The summed E-state index contributed by atoms with van der Waals surface area (Å²) in [5.74, 6) is 0.964. The SMILES string of the molecule is CCCOc1ccc(C(C)NC(C)CC)cc1. The van der Waals surface area contributed by atoms with Gasteiger partial charge in [0, 0.05) is 12.1 Å². The van der Waals surface area contributed by atoms with Crippen molar-refractivity contribution in [3.63, 3.8) is 0 Å². The fourth-order valence-corrected chi connectivity index (χ4v) is 1.71. The highest BCUT2D eigenvalue weighted by Gasteiger charge is 2.07. The molecule has 0 aliphatic rings. The van der Waals surface area contributed by atoms with Crippen molar-refractivity contribution in [2.45, 2.75) is 52.6 Å². The summed E-state index contributed by atoms with van der Waals surface area (Å²) in [5, 5.41) is 3.57. The van der Waals surface area contributed by atoms with Crippen molar-refractivity contribution < 1.29 is 4.74 Å². The number of rotatable bonds is 7. The van der Waals surface area contributed by atoms with Gasteiger partial charge in [-0.1, -0.05) is 26.0 Å². The molecular weight excluding hydrogens is 210 g/mol. The lowest BCUT2D eigenvalue weighted by Crippen LogP contribution is -2.28. The highest BCUT2D eigenvalue weighted by Crippen LogP contribution is 2.18. The van der Waals surface area contributed by atoms with E-state index in [1.54, 1.807) is 0 Å². The van der Waals surface area contributed by atoms with Crippen LogP contribution in [0.1, 0.15) is 52.1 Å². The van der Waals surface area contributed by atoms with Crippen LogP contribution in [0.15, 0.2) is 24.3 Å². The monoisotopic (exact) mass is 235 g/mol. The highest BCUT2D eigenvalue weighted by atomic mass is 16.5. The first kappa shape index (κ1) is 14.0. The Morgan fingerprint density at radius 1 is 1.12 bits per heavy atom. The summed E-state index contributed by atoms with van der Waals surface area (Å²) < 4.78 is 5.57. The highest BCUT2D eigenvalue weighted by molar-refractivity contribution is 5.28. The first-order chi connectivity index (χ1) is 8.17. The van der Waals surface area contributed by atoms with Crippen LogP contribution in [-0.2, 0) is 0 Å². The summed E-state index contributed by atoms with van der Waals surface area (Å²) in [4.78, 5) is 0. The molecule has 0 aromatic heterocycles. The topological polar surface area (TPSA) is 21.3 Å².